The fourth-order valence-electron chi connectivity index (χ4n) is 2.33. The molecule has 0 atom stereocenters. The molecule has 1 aromatic rings. The summed E-state index contributed by atoms with van der Waals surface area (Å²) in [7, 11) is 0. The molecule has 1 N–H and O–H groups in total. The number of aliphatic hydroxyl groups excluding tert-OH is 1. The highest BCUT2D eigenvalue weighted by atomic mass is 35.5. The first-order chi connectivity index (χ1) is 9.70. The van der Waals surface area contributed by atoms with Gasteiger partial charge in [-0.05, 0) is 30.9 Å². The number of rotatable bonds is 5. The van der Waals surface area contributed by atoms with Gasteiger partial charge < -0.3 is 10.0 Å². The molecule has 1 aliphatic heterocycles. The maximum atomic E-state index is 12.1. The smallest absolute Gasteiger partial charge is 0.223 e. The van der Waals surface area contributed by atoms with Gasteiger partial charge in [0.25, 0.3) is 0 Å². The van der Waals surface area contributed by atoms with E-state index in [9.17, 15) is 4.79 Å². The molecule has 3 nitrogen and oxygen atoms in total. The Balaban J connectivity index is 1.72. The fourth-order valence-corrected chi connectivity index (χ4v) is 3.51. The van der Waals surface area contributed by atoms with Crippen LogP contribution in [0, 0.1) is 5.92 Å². The van der Waals surface area contributed by atoms with Gasteiger partial charge in [0.15, 0.2) is 0 Å². The molecule has 5 heteroatoms. The summed E-state index contributed by atoms with van der Waals surface area (Å²) < 4.78 is 0. The van der Waals surface area contributed by atoms with Crippen molar-refractivity contribution in [3.63, 3.8) is 0 Å². The van der Waals surface area contributed by atoms with Gasteiger partial charge in [0.2, 0.25) is 5.91 Å². The number of aliphatic hydroxyl groups is 1. The molecule has 1 fully saturated rings. The molecule has 1 saturated heterocycles. The molecule has 20 heavy (non-hydrogen) atoms. The normalized spacial score (nSPS) is 16.4. The van der Waals surface area contributed by atoms with Crippen LogP contribution in [-0.2, 0) is 4.79 Å². The number of halogens is 1. The van der Waals surface area contributed by atoms with Crippen LogP contribution >= 0.6 is 23.4 Å². The molecule has 0 saturated carbocycles. The summed E-state index contributed by atoms with van der Waals surface area (Å²) in [5, 5.41) is 9.83. The second-order valence-electron chi connectivity index (χ2n) is 5.04. The highest BCUT2D eigenvalue weighted by Crippen LogP contribution is 2.27. The number of hydrogen-bond donors (Lipinski definition) is 1. The summed E-state index contributed by atoms with van der Waals surface area (Å²) in [6.07, 6.45) is 2.37. The molecule has 1 aromatic carbocycles. The molecule has 1 amide bonds. The number of likely N-dealkylation sites (tertiary alicyclic amines) is 1. The third-order valence-corrected chi connectivity index (χ3v) is 5.15. The van der Waals surface area contributed by atoms with E-state index in [4.69, 9.17) is 16.7 Å². The van der Waals surface area contributed by atoms with Gasteiger partial charge in [-0.3, -0.25) is 4.79 Å². The number of amides is 1. The number of carbonyl (C=O) groups is 1. The van der Waals surface area contributed by atoms with Crippen molar-refractivity contribution in [3.8, 4) is 0 Å². The first kappa shape index (κ1) is 15.7. The van der Waals surface area contributed by atoms with E-state index in [1.807, 2.05) is 29.2 Å². The topological polar surface area (TPSA) is 40.5 Å². The predicted molar refractivity (Wildman–Crippen MR) is 83.2 cm³/mol. The number of carbonyl (C=O) groups excluding carboxylic acids is 1. The van der Waals surface area contributed by atoms with Crippen molar-refractivity contribution in [2.45, 2.75) is 24.2 Å². The molecule has 0 bridgehead atoms. The second-order valence-corrected chi connectivity index (χ2v) is 6.58. The number of nitrogens with zero attached hydrogens (tertiary/aromatic N) is 1. The number of hydrogen-bond acceptors (Lipinski definition) is 3. The Morgan fingerprint density at radius 1 is 1.35 bits per heavy atom. The average molecular weight is 314 g/mol. The maximum absolute atomic E-state index is 12.1. The fraction of sp³-hybridized carbons (Fsp3) is 0.533. The Morgan fingerprint density at radius 3 is 2.70 bits per heavy atom. The van der Waals surface area contributed by atoms with Gasteiger partial charge in [0.05, 0.1) is 5.02 Å². The monoisotopic (exact) mass is 313 g/mol. The van der Waals surface area contributed by atoms with Crippen molar-refractivity contribution < 1.29 is 9.90 Å². The molecule has 0 aliphatic carbocycles. The van der Waals surface area contributed by atoms with Crippen molar-refractivity contribution in [3.05, 3.63) is 29.3 Å². The summed E-state index contributed by atoms with van der Waals surface area (Å²) in [5.41, 5.74) is 0. The highest BCUT2D eigenvalue weighted by molar-refractivity contribution is 7.99. The van der Waals surface area contributed by atoms with E-state index in [0.29, 0.717) is 12.3 Å². The van der Waals surface area contributed by atoms with Crippen molar-refractivity contribution in [1.29, 1.82) is 0 Å². The Bertz CT molecular complexity index is 447. The van der Waals surface area contributed by atoms with Crippen LogP contribution in [0.25, 0.3) is 0 Å². The zero-order chi connectivity index (χ0) is 14.4. The van der Waals surface area contributed by atoms with Gasteiger partial charge in [-0.1, -0.05) is 23.7 Å². The third kappa shape index (κ3) is 4.40. The van der Waals surface area contributed by atoms with E-state index in [2.05, 4.69) is 0 Å². The van der Waals surface area contributed by atoms with Crippen LogP contribution in [0.15, 0.2) is 29.2 Å². The molecule has 1 heterocycles. The minimum absolute atomic E-state index is 0.209. The molecular formula is C15H20ClNO2S. The van der Waals surface area contributed by atoms with Gasteiger partial charge in [-0.25, -0.2) is 0 Å². The van der Waals surface area contributed by atoms with Crippen molar-refractivity contribution in [2.24, 2.45) is 5.92 Å². The summed E-state index contributed by atoms with van der Waals surface area (Å²) >= 11 is 7.71. The average Bonchev–Trinajstić information content (AvgIpc) is 2.49. The zero-order valence-corrected chi connectivity index (χ0v) is 13.0. The Kier molecular flexibility index (Phi) is 6.20. The molecule has 1 aliphatic rings. The van der Waals surface area contributed by atoms with E-state index >= 15 is 0 Å². The summed E-state index contributed by atoms with van der Waals surface area (Å²) in [5.74, 6) is 1.33. The van der Waals surface area contributed by atoms with Crippen LogP contribution < -0.4 is 0 Å². The van der Waals surface area contributed by atoms with E-state index in [-0.39, 0.29) is 12.5 Å². The maximum Gasteiger partial charge on any atom is 0.223 e. The highest BCUT2D eigenvalue weighted by Gasteiger charge is 2.21. The quantitative estimate of drug-likeness (QED) is 0.849. The van der Waals surface area contributed by atoms with E-state index in [0.717, 1.165) is 41.6 Å². The lowest BCUT2D eigenvalue weighted by atomic mass is 9.98. The summed E-state index contributed by atoms with van der Waals surface area (Å²) in [4.78, 5) is 15.0. The lowest BCUT2D eigenvalue weighted by molar-refractivity contribution is -0.132. The molecule has 2 rings (SSSR count). The van der Waals surface area contributed by atoms with Crippen molar-refractivity contribution in [2.75, 3.05) is 25.4 Å². The molecule has 0 spiro atoms. The molecule has 0 radical (unpaired) electrons. The minimum atomic E-state index is 0.209. The second kappa shape index (κ2) is 7.91. The van der Waals surface area contributed by atoms with E-state index in [1.54, 1.807) is 11.8 Å². The summed E-state index contributed by atoms with van der Waals surface area (Å²) in [6.45, 7) is 1.80. The van der Waals surface area contributed by atoms with Crippen LogP contribution in [0.4, 0.5) is 0 Å². The Hall–Kier alpha value is -0.710. The van der Waals surface area contributed by atoms with Gasteiger partial charge in [-0.2, -0.15) is 0 Å². The Labute approximate surface area is 129 Å². The van der Waals surface area contributed by atoms with Crippen LogP contribution in [-0.4, -0.2) is 41.4 Å². The van der Waals surface area contributed by atoms with Crippen molar-refractivity contribution >= 4 is 29.3 Å². The van der Waals surface area contributed by atoms with Gasteiger partial charge in [0, 0.05) is 36.8 Å². The number of thioether (sulfide) groups is 1. The van der Waals surface area contributed by atoms with Crippen molar-refractivity contribution in [1.82, 2.24) is 4.90 Å². The van der Waals surface area contributed by atoms with Crippen LogP contribution in [0.2, 0.25) is 5.02 Å². The molecule has 110 valence electrons. The third-order valence-electron chi connectivity index (χ3n) is 3.64. The SMILES string of the molecule is O=C(CCSc1ccccc1Cl)N1CCC(CO)CC1. The lowest BCUT2D eigenvalue weighted by Crippen LogP contribution is -2.39. The molecule has 0 aromatic heterocycles. The lowest BCUT2D eigenvalue weighted by Gasteiger charge is -2.31. The van der Waals surface area contributed by atoms with E-state index < -0.39 is 0 Å². The van der Waals surface area contributed by atoms with E-state index in [1.165, 1.54) is 0 Å². The van der Waals surface area contributed by atoms with Crippen LogP contribution in [0.1, 0.15) is 19.3 Å². The standard InChI is InChI=1S/C15H20ClNO2S/c16-13-3-1-2-4-14(13)20-10-7-15(19)17-8-5-12(11-18)6-9-17/h1-4,12,18H,5-11H2. The first-order valence-corrected chi connectivity index (χ1v) is 8.33. The van der Waals surface area contributed by atoms with Crippen LogP contribution in [0.3, 0.4) is 0 Å². The number of piperidine rings is 1. The minimum Gasteiger partial charge on any atom is -0.396 e. The number of benzene rings is 1. The van der Waals surface area contributed by atoms with Crippen LogP contribution in [0.5, 0.6) is 0 Å². The first-order valence-electron chi connectivity index (χ1n) is 6.96. The summed E-state index contributed by atoms with van der Waals surface area (Å²) in [6, 6.07) is 7.70. The predicted octanol–water partition coefficient (Wildman–Crippen LogP) is 3.05. The molecular weight excluding hydrogens is 294 g/mol. The zero-order valence-electron chi connectivity index (χ0n) is 11.4. The van der Waals surface area contributed by atoms with Gasteiger partial charge in [0.1, 0.15) is 0 Å². The van der Waals surface area contributed by atoms with Gasteiger partial charge >= 0.3 is 0 Å². The largest absolute Gasteiger partial charge is 0.396 e. The molecule has 0 unspecified atom stereocenters. The Morgan fingerprint density at radius 2 is 2.05 bits per heavy atom. The van der Waals surface area contributed by atoms with Gasteiger partial charge in [-0.15, -0.1) is 11.8 Å².